The molecule has 3 aromatic rings. The van der Waals surface area contributed by atoms with Gasteiger partial charge < -0.3 is 20.1 Å². The summed E-state index contributed by atoms with van der Waals surface area (Å²) in [7, 11) is 0. The Labute approximate surface area is 188 Å². The fraction of sp³-hybridized carbons (Fsp3) is 0.318. The van der Waals surface area contributed by atoms with Gasteiger partial charge in [-0.15, -0.1) is 0 Å². The molecule has 2 N–H and O–H groups in total. The first-order valence-corrected chi connectivity index (χ1v) is 12.1. The van der Waals surface area contributed by atoms with Crippen LogP contribution in [0.1, 0.15) is 22.3 Å². The third-order valence-corrected chi connectivity index (χ3v) is 6.37. The normalized spacial score (nSPS) is 13.6. The summed E-state index contributed by atoms with van der Waals surface area (Å²) in [4.78, 5) is 30.1. The maximum absolute atomic E-state index is 13.0. The summed E-state index contributed by atoms with van der Waals surface area (Å²) in [6.45, 7) is 2.94. The molecule has 2 heterocycles. The number of thiazole rings is 1. The fourth-order valence-corrected chi connectivity index (χ4v) is 4.59. The highest BCUT2D eigenvalue weighted by Crippen LogP contribution is 2.37. The van der Waals surface area contributed by atoms with E-state index in [2.05, 4.69) is 15.6 Å². The molecule has 0 bridgehead atoms. The minimum absolute atomic E-state index is 0.267. The maximum atomic E-state index is 13.0. The van der Waals surface area contributed by atoms with Crippen molar-refractivity contribution in [1.82, 2.24) is 10.3 Å². The van der Waals surface area contributed by atoms with Gasteiger partial charge in [0, 0.05) is 17.7 Å². The van der Waals surface area contributed by atoms with E-state index in [1.807, 2.05) is 37.4 Å². The van der Waals surface area contributed by atoms with Crippen LogP contribution in [-0.4, -0.2) is 48.1 Å². The van der Waals surface area contributed by atoms with Gasteiger partial charge >= 0.3 is 0 Å². The van der Waals surface area contributed by atoms with Gasteiger partial charge in [-0.3, -0.25) is 9.59 Å². The van der Waals surface area contributed by atoms with Gasteiger partial charge in [-0.25, -0.2) is 4.98 Å². The molecule has 0 fully saturated rings. The minimum Gasteiger partial charge on any atom is -0.486 e. The number of hydrogen-bond donors (Lipinski definition) is 2. The molecule has 1 aliphatic heterocycles. The Morgan fingerprint density at radius 3 is 2.71 bits per heavy atom. The van der Waals surface area contributed by atoms with Crippen LogP contribution in [-0.2, 0) is 4.79 Å². The van der Waals surface area contributed by atoms with Crippen LogP contribution in [0.4, 0.5) is 5.13 Å². The second-order valence-corrected chi connectivity index (χ2v) is 9.17. The van der Waals surface area contributed by atoms with Gasteiger partial charge in [0.05, 0.1) is 10.2 Å². The number of nitrogens with one attached hydrogen (secondary N) is 2. The number of carbonyl (C=O) groups is 2. The number of nitrogens with zero attached hydrogens (tertiary/aromatic N) is 1. The van der Waals surface area contributed by atoms with E-state index in [-0.39, 0.29) is 11.8 Å². The molecule has 0 saturated heterocycles. The predicted molar refractivity (Wildman–Crippen MR) is 125 cm³/mol. The number of carbonyl (C=O) groups excluding carboxylic acids is 2. The average Bonchev–Trinajstić information content (AvgIpc) is 3.15. The zero-order valence-electron chi connectivity index (χ0n) is 17.3. The summed E-state index contributed by atoms with van der Waals surface area (Å²) in [6.07, 6.45) is 2.49. The second-order valence-electron chi connectivity index (χ2n) is 7.15. The number of ether oxygens (including phenoxy) is 2. The number of amides is 2. The molecular formula is C22H23N3O4S2. The van der Waals surface area contributed by atoms with Gasteiger partial charge in [0.25, 0.3) is 5.91 Å². The molecule has 1 aliphatic rings. The highest BCUT2D eigenvalue weighted by Gasteiger charge is 2.23. The predicted octanol–water partition coefficient (Wildman–Crippen LogP) is 3.87. The molecule has 0 spiro atoms. The smallest absolute Gasteiger partial charge is 0.251 e. The molecule has 4 rings (SSSR count). The molecule has 31 heavy (non-hydrogen) atoms. The topological polar surface area (TPSA) is 89.6 Å². The summed E-state index contributed by atoms with van der Waals surface area (Å²) >= 11 is 2.99. The summed E-state index contributed by atoms with van der Waals surface area (Å²) < 4.78 is 12.1. The summed E-state index contributed by atoms with van der Waals surface area (Å²) in [6, 6.07) is 10.3. The van der Waals surface area contributed by atoms with Crippen molar-refractivity contribution in [2.24, 2.45) is 0 Å². The van der Waals surface area contributed by atoms with Crippen LogP contribution in [0.2, 0.25) is 0 Å². The van der Waals surface area contributed by atoms with Crippen molar-refractivity contribution in [1.29, 1.82) is 0 Å². The third-order valence-electron chi connectivity index (χ3n) is 4.80. The van der Waals surface area contributed by atoms with E-state index in [1.54, 1.807) is 23.9 Å². The van der Waals surface area contributed by atoms with E-state index >= 15 is 0 Å². The van der Waals surface area contributed by atoms with Crippen molar-refractivity contribution in [3.63, 3.8) is 0 Å². The van der Waals surface area contributed by atoms with Crippen molar-refractivity contribution < 1.29 is 19.1 Å². The van der Waals surface area contributed by atoms with Crippen molar-refractivity contribution in [2.45, 2.75) is 19.4 Å². The SMILES string of the molecule is CSCCC(NC(=O)c1cccc(C)c1)C(=O)Nc1nc2cc3c(cc2s1)OCCO3. The van der Waals surface area contributed by atoms with Crippen LogP contribution in [0.15, 0.2) is 36.4 Å². The molecule has 2 aromatic carbocycles. The van der Waals surface area contributed by atoms with Crippen LogP contribution < -0.4 is 20.1 Å². The van der Waals surface area contributed by atoms with E-state index in [1.165, 1.54) is 11.3 Å². The fourth-order valence-electron chi connectivity index (χ4n) is 3.24. The molecule has 1 unspecified atom stereocenters. The van der Waals surface area contributed by atoms with E-state index in [4.69, 9.17) is 9.47 Å². The summed E-state index contributed by atoms with van der Waals surface area (Å²) in [5, 5.41) is 6.20. The Balaban J connectivity index is 1.49. The Hall–Kier alpha value is -2.78. The Kier molecular flexibility index (Phi) is 6.62. The van der Waals surface area contributed by atoms with Gasteiger partial charge in [-0.1, -0.05) is 29.0 Å². The van der Waals surface area contributed by atoms with E-state index < -0.39 is 6.04 Å². The molecule has 0 saturated carbocycles. The van der Waals surface area contributed by atoms with Gasteiger partial charge in [0.1, 0.15) is 19.3 Å². The zero-order valence-corrected chi connectivity index (χ0v) is 18.9. The second kappa shape index (κ2) is 9.57. The van der Waals surface area contributed by atoms with Crippen LogP contribution in [0, 0.1) is 6.92 Å². The molecule has 0 aliphatic carbocycles. The highest BCUT2D eigenvalue weighted by molar-refractivity contribution is 7.98. The molecule has 162 valence electrons. The number of fused-ring (bicyclic) bond motifs is 2. The van der Waals surface area contributed by atoms with Gasteiger partial charge in [-0.05, 0) is 37.5 Å². The molecule has 0 radical (unpaired) electrons. The Bertz CT molecular complexity index is 1070. The first kappa shape index (κ1) is 21.5. The number of aromatic nitrogens is 1. The molecule has 2 amide bonds. The monoisotopic (exact) mass is 457 g/mol. The number of rotatable bonds is 7. The Morgan fingerprint density at radius 1 is 1.19 bits per heavy atom. The van der Waals surface area contributed by atoms with Crippen molar-refractivity contribution in [2.75, 3.05) is 30.5 Å². The lowest BCUT2D eigenvalue weighted by Crippen LogP contribution is -2.44. The Morgan fingerprint density at radius 2 is 1.97 bits per heavy atom. The van der Waals surface area contributed by atoms with E-state index in [0.717, 1.165) is 21.5 Å². The average molecular weight is 458 g/mol. The van der Waals surface area contributed by atoms with Crippen LogP contribution in [0.25, 0.3) is 10.2 Å². The number of benzene rings is 2. The lowest BCUT2D eigenvalue weighted by molar-refractivity contribution is -0.118. The first-order chi connectivity index (χ1) is 15.0. The number of anilines is 1. The van der Waals surface area contributed by atoms with Crippen LogP contribution in [0.5, 0.6) is 11.5 Å². The van der Waals surface area contributed by atoms with E-state index in [0.29, 0.717) is 41.8 Å². The largest absolute Gasteiger partial charge is 0.486 e. The van der Waals surface area contributed by atoms with Crippen molar-refractivity contribution >= 4 is 50.3 Å². The minimum atomic E-state index is -0.660. The van der Waals surface area contributed by atoms with Gasteiger partial charge in [0.15, 0.2) is 16.6 Å². The lowest BCUT2D eigenvalue weighted by atomic mass is 10.1. The van der Waals surface area contributed by atoms with E-state index in [9.17, 15) is 9.59 Å². The summed E-state index contributed by atoms with van der Waals surface area (Å²) in [5.74, 6) is 1.53. The first-order valence-electron chi connectivity index (χ1n) is 9.91. The number of hydrogen-bond acceptors (Lipinski definition) is 7. The maximum Gasteiger partial charge on any atom is 0.251 e. The molecule has 1 aromatic heterocycles. The standard InChI is InChI=1S/C22H23N3O4S2/c1-13-4-3-5-14(10-13)20(26)23-15(6-9-30-2)21(27)25-22-24-16-11-17-18(12-19(16)31-22)29-8-7-28-17/h3-5,10-12,15H,6-9H2,1-2H3,(H,23,26)(H,24,25,27). The lowest BCUT2D eigenvalue weighted by Gasteiger charge is -2.17. The molecule has 7 nitrogen and oxygen atoms in total. The quantitative estimate of drug-likeness (QED) is 0.560. The van der Waals surface area contributed by atoms with Crippen molar-refractivity contribution in [3.8, 4) is 11.5 Å². The molecule has 1 atom stereocenters. The number of aryl methyl sites for hydroxylation is 1. The van der Waals surface area contributed by atoms with Crippen molar-refractivity contribution in [3.05, 3.63) is 47.5 Å². The van der Waals surface area contributed by atoms with Gasteiger partial charge in [0.2, 0.25) is 5.91 Å². The summed E-state index contributed by atoms with van der Waals surface area (Å²) in [5.41, 5.74) is 2.25. The third kappa shape index (κ3) is 5.11. The zero-order chi connectivity index (χ0) is 21.8. The van der Waals surface area contributed by atoms with Crippen LogP contribution in [0.3, 0.4) is 0 Å². The number of thioether (sulfide) groups is 1. The highest BCUT2D eigenvalue weighted by atomic mass is 32.2. The van der Waals surface area contributed by atoms with Crippen LogP contribution >= 0.6 is 23.1 Å². The van der Waals surface area contributed by atoms with Gasteiger partial charge in [-0.2, -0.15) is 11.8 Å². The molecular weight excluding hydrogens is 434 g/mol. The molecule has 9 heteroatoms.